The van der Waals surface area contributed by atoms with Crippen LogP contribution in [0.2, 0.25) is 0 Å². The van der Waals surface area contributed by atoms with Gasteiger partial charge in [0, 0.05) is 23.2 Å². The van der Waals surface area contributed by atoms with Crippen LogP contribution in [0, 0.1) is 17.8 Å². The summed E-state index contributed by atoms with van der Waals surface area (Å²) in [6, 6.07) is 6.11. The Kier molecular flexibility index (Phi) is 2.67. The van der Waals surface area contributed by atoms with E-state index in [0.717, 1.165) is 23.4 Å². The zero-order valence-electron chi connectivity index (χ0n) is 9.64. The number of hydrogen-bond acceptors (Lipinski definition) is 1. The Morgan fingerprint density at radius 3 is 2.62 bits per heavy atom. The van der Waals surface area contributed by atoms with Gasteiger partial charge in [-0.25, -0.2) is 0 Å². The summed E-state index contributed by atoms with van der Waals surface area (Å²) < 4.78 is 0. The van der Waals surface area contributed by atoms with Gasteiger partial charge < -0.3 is 0 Å². The molecular weight excluding hydrogens is 218 g/mol. The van der Waals surface area contributed by atoms with Gasteiger partial charge >= 0.3 is 0 Å². The third kappa shape index (κ3) is 1.86. The van der Waals surface area contributed by atoms with Gasteiger partial charge in [-0.1, -0.05) is 13.0 Å². The minimum Gasteiger partial charge on any atom is -0.261 e. The summed E-state index contributed by atoms with van der Waals surface area (Å²) in [5.74, 6) is 3.14. The third-order valence-electron chi connectivity index (χ3n) is 4.36. The second kappa shape index (κ2) is 4.03. The standard InChI is InChI=1S/C14H18ClN/c1-9(13-4-2-3-5-16-13)14(15)12-7-10-6-11(10)8-12/h2-5,9-12,14H,6-8H2,1H3. The molecule has 0 radical (unpaired) electrons. The molecule has 0 N–H and O–H groups in total. The Morgan fingerprint density at radius 1 is 1.25 bits per heavy atom. The van der Waals surface area contributed by atoms with E-state index >= 15 is 0 Å². The highest BCUT2D eigenvalue weighted by atomic mass is 35.5. The van der Waals surface area contributed by atoms with Gasteiger partial charge in [0.15, 0.2) is 0 Å². The summed E-state index contributed by atoms with van der Waals surface area (Å²) in [5.41, 5.74) is 1.14. The summed E-state index contributed by atoms with van der Waals surface area (Å²) >= 11 is 6.62. The van der Waals surface area contributed by atoms with Crippen molar-refractivity contribution in [3.63, 3.8) is 0 Å². The molecule has 0 amide bonds. The van der Waals surface area contributed by atoms with E-state index in [1.165, 1.54) is 19.3 Å². The fraction of sp³-hybridized carbons (Fsp3) is 0.643. The highest BCUT2D eigenvalue weighted by molar-refractivity contribution is 6.21. The van der Waals surface area contributed by atoms with Crippen molar-refractivity contribution in [3.05, 3.63) is 30.1 Å². The van der Waals surface area contributed by atoms with Crippen molar-refractivity contribution >= 4 is 11.6 Å². The molecule has 86 valence electrons. The molecule has 0 aromatic carbocycles. The van der Waals surface area contributed by atoms with Gasteiger partial charge in [-0.05, 0) is 49.1 Å². The van der Waals surface area contributed by atoms with Crippen LogP contribution in [0.3, 0.4) is 0 Å². The van der Waals surface area contributed by atoms with Gasteiger partial charge in [0.25, 0.3) is 0 Å². The lowest BCUT2D eigenvalue weighted by Crippen LogP contribution is -2.20. The summed E-state index contributed by atoms with van der Waals surface area (Å²) in [6.45, 7) is 2.21. The number of halogens is 1. The van der Waals surface area contributed by atoms with E-state index in [-0.39, 0.29) is 5.38 Å². The minimum absolute atomic E-state index is 0.266. The highest BCUT2D eigenvalue weighted by Gasteiger charge is 2.48. The van der Waals surface area contributed by atoms with E-state index in [9.17, 15) is 0 Å². The Bertz CT molecular complexity index is 354. The molecule has 1 nitrogen and oxygen atoms in total. The zero-order valence-corrected chi connectivity index (χ0v) is 10.4. The van der Waals surface area contributed by atoms with Gasteiger partial charge in [-0.2, -0.15) is 0 Å². The first-order chi connectivity index (χ1) is 7.75. The van der Waals surface area contributed by atoms with Crippen molar-refractivity contribution in [1.82, 2.24) is 4.98 Å². The fourth-order valence-electron chi connectivity index (χ4n) is 3.24. The summed E-state index contributed by atoms with van der Waals surface area (Å²) in [6.07, 6.45) is 6.05. The molecule has 1 heterocycles. The molecule has 2 aliphatic rings. The molecule has 4 unspecified atom stereocenters. The molecule has 2 fully saturated rings. The fourth-order valence-corrected chi connectivity index (χ4v) is 3.57. The lowest BCUT2D eigenvalue weighted by molar-refractivity contribution is 0.425. The number of fused-ring (bicyclic) bond motifs is 1. The molecule has 16 heavy (non-hydrogen) atoms. The molecule has 0 spiro atoms. The second-order valence-corrected chi connectivity index (χ2v) is 5.98. The SMILES string of the molecule is CC(c1ccccn1)C(Cl)C1CC2CC2C1. The Morgan fingerprint density at radius 2 is 2.00 bits per heavy atom. The van der Waals surface area contributed by atoms with Crippen LogP contribution >= 0.6 is 11.6 Å². The van der Waals surface area contributed by atoms with E-state index in [1.54, 1.807) is 0 Å². The van der Waals surface area contributed by atoms with Gasteiger partial charge in [-0.15, -0.1) is 11.6 Å². The first-order valence-electron chi connectivity index (χ1n) is 6.30. The molecule has 0 aliphatic heterocycles. The van der Waals surface area contributed by atoms with Crippen LogP contribution in [0.15, 0.2) is 24.4 Å². The highest BCUT2D eigenvalue weighted by Crippen LogP contribution is 2.56. The zero-order chi connectivity index (χ0) is 11.1. The van der Waals surface area contributed by atoms with Crippen LogP contribution < -0.4 is 0 Å². The van der Waals surface area contributed by atoms with Crippen LogP contribution in [0.4, 0.5) is 0 Å². The van der Waals surface area contributed by atoms with Crippen molar-refractivity contribution in [1.29, 1.82) is 0 Å². The van der Waals surface area contributed by atoms with Crippen LogP contribution in [-0.4, -0.2) is 10.4 Å². The molecule has 0 bridgehead atoms. The normalized spacial score (nSPS) is 35.5. The first kappa shape index (κ1) is 10.6. The number of aromatic nitrogens is 1. The monoisotopic (exact) mass is 235 g/mol. The Hall–Kier alpha value is -0.560. The lowest BCUT2D eigenvalue weighted by Gasteiger charge is -2.24. The number of alkyl halides is 1. The van der Waals surface area contributed by atoms with E-state index in [2.05, 4.69) is 24.0 Å². The largest absolute Gasteiger partial charge is 0.261 e. The number of rotatable bonds is 3. The maximum absolute atomic E-state index is 6.62. The number of hydrogen-bond donors (Lipinski definition) is 0. The maximum atomic E-state index is 6.62. The smallest absolute Gasteiger partial charge is 0.0446 e. The van der Waals surface area contributed by atoms with Crippen LogP contribution in [0.25, 0.3) is 0 Å². The molecule has 2 saturated carbocycles. The molecule has 1 aromatic heterocycles. The second-order valence-electron chi connectivity index (χ2n) is 5.48. The quantitative estimate of drug-likeness (QED) is 0.726. The Balaban J connectivity index is 1.68. The van der Waals surface area contributed by atoms with Crippen LogP contribution in [0.1, 0.15) is 37.8 Å². The Labute approximate surface area is 102 Å². The molecule has 2 heteroatoms. The average Bonchev–Trinajstić information content (AvgIpc) is 2.95. The summed E-state index contributed by atoms with van der Waals surface area (Å²) in [5, 5.41) is 0.266. The van der Waals surface area contributed by atoms with E-state index < -0.39 is 0 Å². The van der Waals surface area contributed by atoms with Crippen molar-refractivity contribution in [3.8, 4) is 0 Å². The average molecular weight is 236 g/mol. The predicted octanol–water partition coefficient (Wildman–Crippen LogP) is 3.84. The third-order valence-corrected chi connectivity index (χ3v) is 5.10. The van der Waals surface area contributed by atoms with Gasteiger partial charge in [0.2, 0.25) is 0 Å². The van der Waals surface area contributed by atoms with E-state index in [0.29, 0.717) is 5.92 Å². The summed E-state index contributed by atoms with van der Waals surface area (Å²) in [7, 11) is 0. The van der Waals surface area contributed by atoms with Crippen molar-refractivity contribution in [2.24, 2.45) is 17.8 Å². The van der Waals surface area contributed by atoms with Crippen molar-refractivity contribution < 1.29 is 0 Å². The van der Waals surface area contributed by atoms with E-state index in [4.69, 9.17) is 11.6 Å². The molecule has 4 atom stereocenters. The topological polar surface area (TPSA) is 12.9 Å². The first-order valence-corrected chi connectivity index (χ1v) is 6.74. The van der Waals surface area contributed by atoms with Crippen molar-refractivity contribution in [2.75, 3.05) is 0 Å². The molecular formula is C14H18ClN. The number of nitrogens with zero attached hydrogens (tertiary/aromatic N) is 1. The predicted molar refractivity (Wildman–Crippen MR) is 66.6 cm³/mol. The maximum Gasteiger partial charge on any atom is 0.0446 e. The molecule has 3 rings (SSSR count). The lowest BCUT2D eigenvalue weighted by atomic mass is 9.89. The minimum atomic E-state index is 0.266. The molecule has 1 aromatic rings. The van der Waals surface area contributed by atoms with Gasteiger partial charge in [0.05, 0.1) is 0 Å². The molecule has 2 aliphatic carbocycles. The summed E-state index contributed by atoms with van der Waals surface area (Å²) in [4.78, 5) is 4.42. The number of pyridine rings is 1. The van der Waals surface area contributed by atoms with Crippen LogP contribution in [0.5, 0.6) is 0 Å². The molecule has 0 saturated heterocycles. The van der Waals surface area contributed by atoms with Crippen LogP contribution in [-0.2, 0) is 0 Å². The van der Waals surface area contributed by atoms with Gasteiger partial charge in [-0.3, -0.25) is 4.98 Å². The van der Waals surface area contributed by atoms with Crippen molar-refractivity contribution in [2.45, 2.75) is 37.5 Å². The van der Waals surface area contributed by atoms with E-state index in [1.807, 2.05) is 12.3 Å². The van der Waals surface area contributed by atoms with Gasteiger partial charge in [0.1, 0.15) is 0 Å².